The number of nitrogens with zero attached hydrogens (tertiary/aromatic N) is 2. The zero-order valence-corrected chi connectivity index (χ0v) is 12.8. The van der Waals surface area contributed by atoms with Gasteiger partial charge in [0, 0.05) is 12.5 Å². The highest BCUT2D eigenvalue weighted by atomic mass is 19.4. The molecule has 0 spiro atoms. The molecule has 1 unspecified atom stereocenters. The Labute approximate surface area is 138 Å². The van der Waals surface area contributed by atoms with Gasteiger partial charge in [-0.3, -0.25) is 0 Å². The van der Waals surface area contributed by atoms with Gasteiger partial charge in [-0.25, -0.2) is 9.18 Å². The van der Waals surface area contributed by atoms with E-state index < -0.39 is 30.7 Å². The molecule has 25 heavy (non-hydrogen) atoms. The number of aryl methyl sites for hydroxylation is 1. The Morgan fingerprint density at radius 1 is 1.40 bits per heavy atom. The number of aromatic nitrogens is 2. The van der Waals surface area contributed by atoms with Crippen molar-refractivity contribution in [2.75, 3.05) is 6.61 Å². The fraction of sp³-hybridized carbons (Fsp3) is 0.357. The largest absolute Gasteiger partial charge is 0.484 e. The molecule has 1 aromatic carbocycles. The fourth-order valence-electron chi connectivity index (χ4n) is 2.03. The lowest BCUT2D eigenvalue weighted by Gasteiger charge is -2.18. The standard InChI is InChI=1S/C14H13F4N3O4/c1-7-20-21-12(25-7)5-11(19-13(22)23)9-4-8(2-3-10(9)15)24-6-14(16,17)18/h2-4,11,19H,5-6H2,1H3,(H,22,23). The highest BCUT2D eigenvalue weighted by Crippen LogP contribution is 2.27. The summed E-state index contributed by atoms with van der Waals surface area (Å²) in [5.74, 6) is -0.814. The molecule has 0 fully saturated rings. The Kier molecular flexibility index (Phi) is 5.45. The number of carbonyl (C=O) groups is 1. The molecule has 1 amide bonds. The van der Waals surface area contributed by atoms with Crippen LogP contribution in [-0.4, -0.2) is 34.2 Å². The third-order valence-corrected chi connectivity index (χ3v) is 2.99. The predicted octanol–water partition coefficient (Wildman–Crippen LogP) is 3.01. The number of benzene rings is 1. The van der Waals surface area contributed by atoms with Crippen LogP contribution in [0.3, 0.4) is 0 Å². The lowest BCUT2D eigenvalue weighted by Crippen LogP contribution is -2.29. The van der Waals surface area contributed by atoms with E-state index in [1.54, 1.807) is 0 Å². The number of amides is 1. The zero-order chi connectivity index (χ0) is 18.6. The molecule has 2 rings (SSSR count). The number of alkyl halides is 3. The molecule has 7 nitrogen and oxygen atoms in total. The zero-order valence-electron chi connectivity index (χ0n) is 12.8. The van der Waals surface area contributed by atoms with Crippen LogP contribution in [0.25, 0.3) is 0 Å². The minimum atomic E-state index is -4.56. The molecule has 0 aliphatic rings. The van der Waals surface area contributed by atoms with E-state index in [1.807, 2.05) is 0 Å². The molecule has 0 radical (unpaired) electrons. The van der Waals surface area contributed by atoms with Gasteiger partial charge in [-0.2, -0.15) is 13.2 Å². The average Bonchev–Trinajstić information content (AvgIpc) is 2.89. The molecule has 0 saturated carbocycles. The van der Waals surface area contributed by atoms with E-state index in [2.05, 4.69) is 20.3 Å². The van der Waals surface area contributed by atoms with Gasteiger partial charge in [0.05, 0.1) is 12.5 Å². The van der Waals surface area contributed by atoms with Crippen molar-refractivity contribution in [3.63, 3.8) is 0 Å². The van der Waals surface area contributed by atoms with Gasteiger partial charge in [-0.05, 0) is 18.2 Å². The predicted molar refractivity (Wildman–Crippen MR) is 74.6 cm³/mol. The van der Waals surface area contributed by atoms with Crippen molar-refractivity contribution in [3.05, 3.63) is 41.4 Å². The number of nitrogens with one attached hydrogen (secondary N) is 1. The molecule has 1 heterocycles. The van der Waals surface area contributed by atoms with Crippen LogP contribution in [0, 0.1) is 12.7 Å². The van der Waals surface area contributed by atoms with Crippen LogP contribution in [0.15, 0.2) is 22.6 Å². The first-order valence-electron chi connectivity index (χ1n) is 6.91. The summed E-state index contributed by atoms with van der Waals surface area (Å²) in [4.78, 5) is 11.0. The second kappa shape index (κ2) is 7.36. The summed E-state index contributed by atoms with van der Waals surface area (Å²) in [6.07, 6.45) is -6.20. The van der Waals surface area contributed by atoms with E-state index in [0.717, 1.165) is 18.2 Å². The van der Waals surface area contributed by atoms with Crippen molar-refractivity contribution in [1.82, 2.24) is 15.5 Å². The summed E-state index contributed by atoms with van der Waals surface area (Å²) in [6, 6.07) is 1.73. The van der Waals surface area contributed by atoms with Gasteiger partial charge in [0.2, 0.25) is 11.8 Å². The van der Waals surface area contributed by atoms with Gasteiger partial charge in [0.25, 0.3) is 0 Å². The summed E-state index contributed by atoms with van der Waals surface area (Å²) < 4.78 is 60.4. The van der Waals surface area contributed by atoms with Crippen LogP contribution in [0.4, 0.5) is 22.4 Å². The van der Waals surface area contributed by atoms with Crippen molar-refractivity contribution < 1.29 is 36.6 Å². The van der Waals surface area contributed by atoms with Gasteiger partial charge in [0.1, 0.15) is 11.6 Å². The van der Waals surface area contributed by atoms with Crippen LogP contribution >= 0.6 is 0 Å². The van der Waals surface area contributed by atoms with Crippen LogP contribution < -0.4 is 10.1 Å². The lowest BCUT2D eigenvalue weighted by atomic mass is 10.0. The maximum atomic E-state index is 14.1. The van der Waals surface area contributed by atoms with Gasteiger partial charge < -0.3 is 19.6 Å². The minimum absolute atomic E-state index is 0.0391. The maximum Gasteiger partial charge on any atom is 0.422 e. The van der Waals surface area contributed by atoms with Crippen LogP contribution in [0.1, 0.15) is 23.4 Å². The number of hydrogen-bond donors (Lipinski definition) is 2. The first-order valence-corrected chi connectivity index (χ1v) is 6.91. The molecule has 0 aliphatic heterocycles. The van der Waals surface area contributed by atoms with Crippen molar-refractivity contribution in [2.24, 2.45) is 0 Å². The van der Waals surface area contributed by atoms with Gasteiger partial charge in [-0.1, -0.05) is 0 Å². The van der Waals surface area contributed by atoms with E-state index in [4.69, 9.17) is 9.52 Å². The van der Waals surface area contributed by atoms with Crippen LogP contribution in [0.2, 0.25) is 0 Å². The summed E-state index contributed by atoms with van der Waals surface area (Å²) in [5.41, 5.74) is -0.210. The van der Waals surface area contributed by atoms with E-state index in [9.17, 15) is 22.4 Å². The van der Waals surface area contributed by atoms with Gasteiger partial charge in [0.15, 0.2) is 6.61 Å². The van der Waals surface area contributed by atoms with Crippen LogP contribution in [0.5, 0.6) is 5.75 Å². The topological polar surface area (TPSA) is 97.5 Å². The summed E-state index contributed by atoms with van der Waals surface area (Å²) in [5, 5.41) is 18.2. The van der Waals surface area contributed by atoms with Crippen molar-refractivity contribution in [2.45, 2.75) is 25.6 Å². The number of rotatable bonds is 6. The van der Waals surface area contributed by atoms with Gasteiger partial charge >= 0.3 is 12.3 Å². The van der Waals surface area contributed by atoms with Crippen LogP contribution in [-0.2, 0) is 6.42 Å². The molecule has 136 valence electrons. The Morgan fingerprint density at radius 3 is 2.68 bits per heavy atom. The monoisotopic (exact) mass is 363 g/mol. The summed E-state index contributed by atoms with van der Waals surface area (Å²) >= 11 is 0. The molecule has 2 N–H and O–H groups in total. The van der Waals surface area contributed by atoms with Crippen molar-refractivity contribution in [1.29, 1.82) is 0 Å². The first-order chi connectivity index (χ1) is 11.6. The molecule has 1 atom stereocenters. The second-order valence-electron chi connectivity index (χ2n) is 5.01. The second-order valence-corrected chi connectivity index (χ2v) is 5.01. The molecule has 2 aromatic rings. The van der Waals surface area contributed by atoms with Crippen molar-refractivity contribution in [3.8, 4) is 5.75 Å². The molecule has 0 bridgehead atoms. The van der Waals surface area contributed by atoms with E-state index in [0.29, 0.717) is 0 Å². The average molecular weight is 363 g/mol. The van der Waals surface area contributed by atoms with E-state index in [1.165, 1.54) is 6.92 Å². The molecule has 0 saturated heterocycles. The molecular weight excluding hydrogens is 350 g/mol. The number of halogens is 4. The lowest BCUT2D eigenvalue weighted by molar-refractivity contribution is -0.153. The normalized spacial score (nSPS) is 12.7. The first kappa shape index (κ1) is 18.5. The van der Waals surface area contributed by atoms with E-state index in [-0.39, 0.29) is 29.5 Å². The number of hydrogen-bond acceptors (Lipinski definition) is 5. The number of ether oxygens (including phenoxy) is 1. The Balaban J connectivity index is 2.26. The van der Waals surface area contributed by atoms with E-state index >= 15 is 0 Å². The van der Waals surface area contributed by atoms with Gasteiger partial charge in [-0.15, -0.1) is 10.2 Å². The Morgan fingerprint density at radius 2 is 2.12 bits per heavy atom. The fourth-order valence-corrected chi connectivity index (χ4v) is 2.03. The molecule has 1 aromatic heterocycles. The third kappa shape index (κ3) is 5.62. The Hall–Kier alpha value is -2.85. The number of carboxylic acid groups (broad SMARTS) is 1. The maximum absolute atomic E-state index is 14.1. The summed E-state index contributed by atoms with van der Waals surface area (Å²) in [6.45, 7) is -0.0414. The SMILES string of the molecule is Cc1nnc(CC(NC(=O)O)c2cc(OCC(F)(F)F)ccc2F)o1. The smallest absolute Gasteiger partial charge is 0.422 e. The molecular formula is C14H13F4N3O4. The summed E-state index contributed by atoms with van der Waals surface area (Å²) in [7, 11) is 0. The Bertz CT molecular complexity index is 748. The minimum Gasteiger partial charge on any atom is -0.484 e. The highest BCUT2D eigenvalue weighted by Gasteiger charge is 2.29. The third-order valence-electron chi connectivity index (χ3n) is 2.99. The van der Waals surface area contributed by atoms with Crippen molar-refractivity contribution >= 4 is 6.09 Å². The highest BCUT2D eigenvalue weighted by molar-refractivity contribution is 5.65. The molecule has 0 aliphatic carbocycles. The quantitative estimate of drug-likeness (QED) is 0.766. The molecule has 11 heteroatoms.